The molecule has 0 fully saturated rings. The van der Waals surface area contributed by atoms with Crippen molar-refractivity contribution in [3.8, 4) is 5.75 Å². The molecule has 0 saturated carbocycles. The van der Waals surface area contributed by atoms with Crippen molar-refractivity contribution in [3.63, 3.8) is 0 Å². The zero-order valence-electron chi connectivity index (χ0n) is 12.2. The van der Waals surface area contributed by atoms with Crippen LogP contribution >= 0.6 is 11.3 Å². The molecule has 2 rings (SSSR count). The number of para-hydroxylation sites is 1. The first-order chi connectivity index (χ1) is 9.83. The number of hydrogen-bond acceptors (Lipinski definition) is 4. The van der Waals surface area contributed by atoms with Crippen molar-refractivity contribution in [1.29, 1.82) is 0 Å². The number of ether oxygens (including phenoxy) is 1. The maximum Gasteiger partial charge on any atom is 0.131 e. The summed E-state index contributed by atoms with van der Waals surface area (Å²) in [5, 5.41) is 6.63. The fourth-order valence-corrected chi connectivity index (χ4v) is 2.83. The minimum Gasteiger partial charge on any atom is -0.487 e. The Morgan fingerprint density at radius 1 is 1.25 bits per heavy atom. The second kappa shape index (κ2) is 8.02. The summed E-state index contributed by atoms with van der Waals surface area (Å²) in [5.74, 6) is 0.943. The highest BCUT2D eigenvalue weighted by atomic mass is 32.1. The van der Waals surface area contributed by atoms with Gasteiger partial charge >= 0.3 is 0 Å². The molecule has 0 aliphatic heterocycles. The average molecular weight is 290 g/mol. The minimum absolute atomic E-state index is 0.545. The Kier molecular flexibility index (Phi) is 6.02. The predicted molar refractivity (Wildman–Crippen MR) is 84.3 cm³/mol. The van der Waals surface area contributed by atoms with E-state index in [1.807, 2.05) is 18.2 Å². The van der Waals surface area contributed by atoms with Crippen LogP contribution in [0.5, 0.6) is 5.75 Å². The normalized spacial score (nSPS) is 10.7. The lowest BCUT2D eigenvalue weighted by molar-refractivity contribution is 0.298. The van der Waals surface area contributed by atoms with Gasteiger partial charge in [0.05, 0.1) is 10.7 Å². The summed E-state index contributed by atoms with van der Waals surface area (Å²) in [6.07, 6.45) is 2.20. The predicted octanol–water partition coefficient (Wildman–Crippen LogP) is 3.78. The van der Waals surface area contributed by atoms with Gasteiger partial charge in [-0.25, -0.2) is 4.98 Å². The number of hydrogen-bond donors (Lipinski definition) is 1. The highest BCUT2D eigenvalue weighted by Crippen LogP contribution is 2.20. The van der Waals surface area contributed by atoms with Crippen LogP contribution in [0.2, 0.25) is 0 Å². The molecule has 1 N–H and O–H groups in total. The van der Waals surface area contributed by atoms with Crippen molar-refractivity contribution < 1.29 is 4.74 Å². The van der Waals surface area contributed by atoms with Gasteiger partial charge in [0.25, 0.3) is 0 Å². The third kappa shape index (κ3) is 4.32. The SMILES string of the molecule is CCCc1nc(COc2ccccc2CNCC)cs1. The standard InChI is InChI=1S/C16H22N2OS/c1-3-7-16-18-14(12-20-16)11-19-15-9-6-5-8-13(15)10-17-4-2/h5-6,8-9,12,17H,3-4,7,10-11H2,1-2H3. The molecule has 0 unspecified atom stereocenters. The van der Waals surface area contributed by atoms with Gasteiger partial charge in [-0.15, -0.1) is 11.3 Å². The molecule has 108 valence electrons. The molecule has 3 nitrogen and oxygen atoms in total. The first-order valence-corrected chi connectivity index (χ1v) is 8.06. The summed E-state index contributed by atoms with van der Waals surface area (Å²) in [5.41, 5.74) is 2.22. The summed E-state index contributed by atoms with van der Waals surface area (Å²) in [6.45, 7) is 6.62. The Bertz CT molecular complexity index is 525. The smallest absolute Gasteiger partial charge is 0.131 e. The molecular formula is C16H22N2OS. The number of aryl methyl sites for hydroxylation is 1. The second-order valence-corrected chi connectivity index (χ2v) is 5.60. The summed E-state index contributed by atoms with van der Waals surface area (Å²) < 4.78 is 5.92. The van der Waals surface area contributed by atoms with Crippen LogP contribution in [0.1, 0.15) is 36.5 Å². The lowest BCUT2D eigenvalue weighted by Crippen LogP contribution is -2.12. The van der Waals surface area contributed by atoms with Crippen LogP contribution in [-0.4, -0.2) is 11.5 Å². The van der Waals surface area contributed by atoms with E-state index in [4.69, 9.17) is 4.74 Å². The lowest BCUT2D eigenvalue weighted by Gasteiger charge is -2.10. The minimum atomic E-state index is 0.545. The number of benzene rings is 1. The largest absolute Gasteiger partial charge is 0.487 e. The van der Waals surface area contributed by atoms with Crippen LogP contribution in [0.3, 0.4) is 0 Å². The topological polar surface area (TPSA) is 34.1 Å². The van der Waals surface area contributed by atoms with E-state index in [2.05, 4.69) is 35.6 Å². The Morgan fingerprint density at radius 3 is 2.90 bits per heavy atom. The first-order valence-electron chi connectivity index (χ1n) is 7.18. The van der Waals surface area contributed by atoms with E-state index in [0.717, 1.165) is 37.4 Å². The number of aromatic nitrogens is 1. The van der Waals surface area contributed by atoms with Crippen LogP contribution < -0.4 is 10.1 Å². The molecular weight excluding hydrogens is 268 g/mol. The van der Waals surface area contributed by atoms with Crippen LogP contribution in [0.15, 0.2) is 29.6 Å². The fourth-order valence-electron chi connectivity index (χ4n) is 1.95. The van der Waals surface area contributed by atoms with E-state index >= 15 is 0 Å². The van der Waals surface area contributed by atoms with Gasteiger partial charge in [0.15, 0.2) is 0 Å². The molecule has 0 amide bonds. The molecule has 2 aromatic rings. The van der Waals surface area contributed by atoms with Gasteiger partial charge in [0.2, 0.25) is 0 Å². The van der Waals surface area contributed by atoms with E-state index in [1.54, 1.807) is 11.3 Å². The van der Waals surface area contributed by atoms with Crippen molar-refractivity contribution in [2.24, 2.45) is 0 Å². The third-order valence-electron chi connectivity index (χ3n) is 2.98. The third-order valence-corrected chi connectivity index (χ3v) is 3.93. The van der Waals surface area contributed by atoms with Gasteiger partial charge in [-0.3, -0.25) is 0 Å². The molecule has 0 bridgehead atoms. The summed E-state index contributed by atoms with van der Waals surface area (Å²) in [7, 11) is 0. The molecule has 1 aromatic heterocycles. The number of nitrogens with one attached hydrogen (secondary N) is 1. The van der Waals surface area contributed by atoms with Gasteiger partial charge in [-0.05, 0) is 25.5 Å². The first kappa shape index (κ1) is 15.0. The monoisotopic (exact) mass is 290 g/mol. The highest BCUT2D eigenvalue weighted by molar-refractivity contribution is 7.09. The molecule has 0 aliphatic carbocycles. The second-order valence-electron chi connectivity index (χ2n) is 4.66. The number of thiazole rings is 1. The van der Waals surface area contributed by atoms with E-state index in [9.17, 15) is 0 Å². The fraction of sp³-hybridized carbons (Fsp3) is 0.438. The molecule has 0 atom stereocenters. The number of rotatable bonds is 8. The molecule has 0 aliphatic rings. The lowest BCUT2D eigenvalue weighted by atomic mass is 10.2. The maximum absolute atomic E-state index is 5.92. The van der Waals surface area contributed by atoms with Gasteiger partial charge in [-0.1, -0.05) is 32.0 Å². The molecule has 0 saturated heterocycles. The van der Waals surface area contributed by atoms with E-state index in [0.29, 0.717) is 6.61 Å². The molecule has 4 heteroatoms. The zero-order valence-corrected chi connectivity index (χ0v) is 13.0. The molecule has 1 aromatic carbocycles. The van der Waals surface area contributed by atoms with Crippen molar-refractivity contribution in [3.05, 3.63) is 45.9 Å². The Labute approximate surface area is 125 Å². The maximum atomic E-state index is 5.92. The Balaban J connectivity index is 1.95. The van der Waals surface area contributed by atoms with E-state index < -0.39 is 0 Å². The summed E-state index contributed by atoms with van der Waals surface area (Å²) in [4.78, 5) is 4.58. The molecule has 0 spiro atoms. The van der Waals surface area contributed by atoms with Gasteiger partial charge in [-0.2, -0.15) is 0 Å². The van der Waals surface area contributed by atoms with Crippen molar-refractivity contribution >= 4 is 11.3 Å². The van der Waals surface area contributed by atoms with Crippen molar-refractivity contribution in [2.45, 2.75) is 39.8 Å². The Morgan fingerprint density at radius 2 is 2.10 bits per heavy atom. The van der Waals surface area contributed by atoms with Crippen LogP contribution in [0, 0.1) is 0 Å². The molecule has 1 heterocycles. The molecule has 20 heavy (non-hydrogen) atoms. The van der Waals surface area contributed by atoms with Crippen LogP contribution in [0.4, 0.5) is 0 Å². The summed E-state index contributed by atoms with van der Waals surface area (Å²) >= 11 is 1.72. The van der Waals surface area contributed by atoms with Crippen molar-refractivity contribution in [1.82, 2.24) is 10.3 Å². The highest BCUT2D eigenvalue weighted by Gasteiger charge is 2.05. The molecule has 0 radical (unpaired) electrons. The quantitative estimate of drug-likeness (QED) is 0.803. The van der Waals surface area contributed by atoms with Gasteiger partial charge in [0, 0.05) is 17.5 Å². The van der Waals surface area contributed by atoms with Crippen molar-refractivity contribution in [2.75, 3.05) is 6.54 Å². The van der Waals surface area contributed by atoms with Gasteiger partial charge in [0.1, 0.15) is 12.4 Å². The van der Waals surface area contributed by atoms with E-state index in [1.165, 1.54) is 10.6 Å². The zero-order chi connectivity index (χ0) is 14.2. The Hall–Kier alpha value is -1.39. The average Bonchev–Trinajstić information content (AvgIpc) is 2.92. The summed E-state index contributed by atoms with van der Waals surface area (Å²) in [6, 6.07) is 8.17. The van der Waals surface area contributed by atoms with Crippen LogP contribution in [0.25, 0.3) is 0 Å². The van der Waals surface area contributed by atoms with Crippen LogP contribution in [-0.2, 0) is 19.6 Å². The number of nitrogens with zero attached hydrogens (tertiary/aromatic N) is 1. The van der Waals surface area contributed by atoms with Gasteiger partial charge < -0.3 is 10.1 Å². The van der Waals surface area contributed by atoms with E-state index in [-0.39, 0.29) is 0 Å².